The summed E-state index contributed by atoms with van der Waals surface area (Å²) in [4.78, 5) is 15.8. The molecule has 1 amide bonds. The molecule has 0 aliphatic carbocycles. The summed E-state index contributed by atoms with van der Waals surface area (Å²) in [5.74, 6) is 0.239. The molecule has 9 nitrogen and oxygen atoms in total. The number of hydrogen-bond acceptors (Lipinski definition) is 7. The molecule has 3 heterocycles. The largest absolute Gasteiger partial charge is 0.488 e. The maximum atomic E-state index is 13.4. The molecule has 36 heavy (non-hydrogen) atoms. The van der Waals surface area contributed by atoms with Crippen molar-refractivity contribution in [3.05, 3.63) is 90.0 Å². The number of benzene rings is 2. The number of amides is 1. The highest BCUT2D eigenvalue weighted by atomic mass is 16.5. The van der Waals surface area contributed by atoms with E-state index in [1.54, 1.807) is 10.7 Å². The van der Waals surface area contributed by atoms with Crippen molar-refractivity contribution in [2.75, 3.05) is 31.6 Å². The maximum absolute atomic E-state index is 13.4. The fourth-order valence-electron chi connectivity index (χ4n) is 4.18. The van der Waals surface area contributed by atoms with Crippen molar-refractivity contribution in [1.29, 1.82) is 0 Å². The molecule has 2 aromatic heterocycles. The molecule has 2 aromatic carbocycles. The van der Waals surface area contributed by atoms with Gasteiger partial charge in [-0.3, -0.25) is 14.4 Å². The molecule has 0 saturated carbocycles. The molecule has 9 heteroatoms. The van der Waals surface area contributed by atoms with Gasteiger partial charge in [-0.15, -0.1) is 0 Å². The maximum Gasteiger partial charge on any atom is 0.259 e. The van der Waals surface area contributed by atoms with Crippen LogP contribution in [0.25, 0.3) is 11.1 Å². The summed E-state index contributed by atoms with van der Waals surface area (Å²) in [5.41, 5.74) is 4.97. The van der Waals surface area contributed by atoms with E-state index in [0.29, 0.717) is 43.4 Å². The normalized spacial score (nSPS) is 13.9. The SMILES string of the molecule is Cn1cc(-c2cc(C(=O)Nc3ccnnc3)c(OCc3ccccc3)cc2CN2CCOCC2)cn1. The third kappa shape index (κ3) is 5.76. The predicted molar refractivity (Wildman–Crippen MR) is 135 cm³/mol. The van der Waals surface area contributed by atoms with Gasteiger partial charge in [-0.25, -0.2) is 0 Å². The lowest BCUT2D eigenvalue weighted by Gasteiger charge is -2.28. The van der Waals surface area contributed by atoms with E-state index >= 15 is 0 Å². The van der Waals surface area contributed by atoms with E-state index in [4.69, 9.17) is 9.47 Å². The first-order valence-electron chi connectivity index (χ1n) is 11.9. The molecule has 1 aliphatic rings. The highest BCUT2D eigenvalue weighted by Crippen LogP contribution is 2.33. The monoisotopic (exact) mass is 484 g/mol. The Bertz CT molecular complexity index is 1300. The second-order valence-electron chi connectivity index (χ2n) is 8.66. The third-order valence-corrected chi connectivity index (χ3v) is 6.04. The van der Waals surface area contributed by atoms with Crippen LogP contribution in [0, 0.1) is 0 Å². The van der Waals surface area contributed by atoms with Gasteiger partial charge in [0.05, 0.1) is 43.1 Å². The molecule has 0 radical (unpaired) electrons. The van der Waals surface area contributed by atoms with Crippen molar-refractivity contribution in [2.24, 2.45) is 7.05 Å². The molecule has 4 aromatic rings. The van der Waals surface area contributed by atoms with Crippen LogP contribution in [0.3, 0.4) is 0 Å². The van der Waals surface area contributed by atoms with Gasteiger partial charge in [0.2, 0.25) is 0 Å². The number of aryl methyl sites for hydroxylation is 1. The van der Waals surface area contributed by atoms with Crippen molar-refractivity contribution in [1.82, 2.24) is 24.9 Å². The molecule has 1 fully saturated rings. The lowest BCUT2D eigenvalue weighted by molar-refractivity contribution is 0.0342. The van der Waals surface area contributed by atoms with E-state index in [1.807, 2.05) is 61.9 Å². The molecular weight excluding hydrogens is 456 g/mol. The van der Waals surface area contributed by atoms with Crippen molar-refractivity contribution >= 4 is 11.6 Å². The summed E-state index contributed by atoms with van der Waals surface area (Å²) in [6.07, 6.45) is 6.82. The predicted octanol–water partition coefficient (Wildman–Crippen LogP) is 3.54. The van der Waals surface area contributed by atoms with Crippen molar-refractivity contribution in [3.63, 3.8) is 0 Å². The standard InChI is InChI=1S/C27H28N6O3/c1-32-17-22(15-30-32)24-14-25(27(34)31-23-7-8-28-29-16-23)26(36-19-20-5-3-2-4-6-20)13-21(24)18-33-9-11-35-12-10-33/h2-8,13-17H,9-12,18-19H2,1H3,(H,28,31,34). The quantitative estimate of drug-likeness (QED) is 0.409. The minimum Gasteiger partial charge on any atom is -0.488 e. The number of ether oxygens (including phenoxy) is 2. The summed E-state index contributed by atoms with van der Waals surface area (Å²) in [7, 11) is 1.88. The fraction of sp³-hybridized carbons (Fsp3) is 0.259. The minimum absolute atomic E-state index is 0.283. The first-order chi connectivity index (χ1) is 17.7. The number of carbonyl (C=O) groups excluding carboxylic acids is 1. The van der Waals surface area contributed by atoms with E-state index in [2.05, 4.69) is 25.5 Å². The van der Waals surface area contributed by atoms with Gasteiger partial charge < -0.3 is 14.8 Å². The van der Waals surface area contributed by atoms with Crippen LogP contribution in [0.5, 0.6) is 5.75 Å². The molecule has 0 spiro atoms. The number of hydrogen-bond donors (Lipinski definition) is 1. The van der Waals surface area contributed by atoms with E-state index in [0.717, 1.165) is 35.3 Å². The van der Waals surface area contributed by atoms with E-state index in [9.17, 15) is 4.79 Å². The number of nitrogens with one attached hydrogen (secondary N) is 1. The van der Waals surface area contributed by atoms with Gasteiger partial charge >= 0.3 is 0 Å². The average Bonchev–Trinajstić information content (AvgIpc) is 3.35. The number of nitrogens with zero attached hydrogens (tertiary/aromatic N) is 5. The molecule has 0 unspecified atom stereocenters. The summed E-state index contributed by atoms with van der Waals surface area (Å²) < 4.78 is 13.5. The van der Waals surface area contributed by atoms with Gasteiger partial charge in [0, 0.05) is 38.4 Å². The van der Waals surface area contributed by atoms with E-state index in [1.165, 1.54) is 12.4 Å². The Hall–Kier alpha value is -4.08. The molecular formula is C27H28N6O3. The van der Waals surface area contributed by atoms with Gasteiger partial charge in [0.15, 0.2) is 0 Å². The molecule has 1 N–H and O–H groups in total. The smallest absolute Gasteiger partial charge is 0.259 e. The number of morpholine rings is 1. The zero-order valence-corrected chi connectivity index (χ0v) is 20.1. The van der Waals surface area contributed by atoms with E-state index < -0.39 is 0 Å². The Morgan fingerprint density at radius 1 is 1.08 bits per heavy atom. The van der Waals surface area contributed by atoms with Gasteiger partial charge in [-0.05, 0) is 34.9 Å². The first kappa shape index (κ1) is 23.7. The fourth-order valence-corrected chi connectivity index (χ4v) is 4.18. The second-order valence-corrected chi connectivity index (χ2v) is 8.66. The zero-order chi connectivity index (χ0) is 24.7. The number of rotatable bonds is 8. The third-order valence-electron chi connectivity index (χ3n) is 6.04. The zero-order valence-electron chi connectivity index (χ0n) is 20.1. The van der Waals surface area contributed by atoms with Crippen LogP contribution in [0.1, 0.15) is 21.5 Å². The molecule has 1 saturated heterocycles. The highest BCUT2D eigenvalue weighted by molar-refractivity contribution is 6.07. The summed E-state index contributed by atoms with van der Waals surface area (Å²) in [5, 5.41) is 14.9. The summed E-state index contributed by atoms with van der Waals surface area (Å²) >= 11 is 0. The Kier molecular flexibility index (Phi) is 7.30. The summed E-state index contributed by atoms with van der Waals surface area (Å²) in [6.45, 7) is 4.18. The summed E-state index contributed by atoms with van der Waals surface area (Å²) in [6, 6.07) is 15.5. The van der Waals surface area contributed by atoms with Gasteiger partial charge in [-0.2, -0.15) is 15.3 Å². The van der Waals surface area contributed by atoms with Crippen molar-refractivity contribution in [2.45, 2.75) is 13.2 Å². The molecule has 0 atom stereocenters. The lowest BCUT2D eigenvalue weighted by Crippen LogP contribution is -2.35. The molecule has 0 bridgehead atoms. The van der Waals surface area contributed by atoms with Crippen LogP contribution in [0.4, 0.5) is 5.69 Å². The Morgan fingerprint density at radius 3 is 2.64 bits per heavy atom. The van der Waals surface area contributed by atoms with Crippen molar-refractivity contribution < 1.29 is 14.3 Å². The van der Waals surface area contributed by atoms with Crippen LogP contribution < -0.4 is 10.1 Å². The highest BCUT2D eigenvalue weighted by Gasteiger charge is 2.21. The topological polar surface area (TPSA) is 94.4 Å². The van der Waals surface area contributed by atoms with Gasteiger partial charge in [0.1, 0.15) is 12.4 Å². The Labute approximate surface area is 209 Å². The van der Waals surface area contributed by atoms with Gasteiger partial charge in [0.25, 0.3) is 5.91 Å². The minimum atomic E-state index is -0.283. The van der Waals surface area contributed by atoms with E-state index in [-0.39, 0.29) is 5.91 Å². The van der Waals surface area contributed by atoms with Crippen LogP contribution in [-0.4, -0.2) is 57.1 Å². The average molecular weight is 485 g/mol. The molecule has 1 aliphatic heterocycles. The van der Waals surface area contributed by atoms with Crippen LogP contribution in [-0.2, 0) is 24.9 Å². The Balaban J connectivity index is 1.54. The molecule has 184 valence electrons. The van der Waals surface area contributed by atoms with Gasteiger partial charge in [-0.1, -0.05) is 30.3 Å². The lowest BCUT2D eigenvalue weighted by atomic mass is 9.97. The number of carbonyl (C=O) groups is 1. The number of anilines is 1. The first-order valence-corrected chi connectivity index (χ1v) is 11.9. The second kappa shape index (κ2) is 11.1. The van der Waals surface area contributed by atoms with Crippen molar-refractivity contribution in [3.8, 4) is 16.9 Å². The Morgan fingerprint density at radius 2 is 1.92 bits per heavy atom. The molecule has 5 rings (SSSR count). The van der Waals surface area contributed by atoms with Crippen LogP contribution in [0.2, 0.25) is 0 Å². The van der Waals surface area contributed by atoms with Crippen LogP contribution in [0.15, 0.2) is 73.3 Å². The number of aromatic nitrogens is 4. The van der Waals surface area contributed by atoms with Crippen LogP contribution >= 0.6 is 0 Å².